The van der Waals surface area contributed by atoms with Crippen molar-refractivity contribution in [2.75, 3.05) is 13.1 Å². The van der Waals surface area contributed by atoms with E-state index in [0.29, 0.717) is 12.1 Å². The maximum Gasteiger partial charge on any atom is 0.330 e. The van der Waals surface area contributed by atoms with Crippen LogP contribution < -0.4 is 5.32 Å². The monoisotopic (exact) mass is 253 g/mol. The molecule has 94 valence electrons. The summed E-state index contributed by atoms with van der Waals surface area (Å²) in [4.78, 5) is 11.9. The Balaban J connectivity index is 2.41. The number of hydrogen-bond donors (Lipinski definition) is 2. The fourth-order valence-electron chi connectivity index (χ4n) is 1.45. The predicted octanol–water partition coefficient (Wildman–Crippen LogP) is 2.65. The molecule has 3 nitrogen and oxygen atoms in total. The van der Waals surface area contributed by atoms with Crippen LogP contribution in [0.4, 0.5) is 0 Å². The highest BCUT2D eigenvalue weighted by Crippen LogP contribution is 2.26. The van der Waals surface area contributed by atoms with Gasteiger partial charge >= 0.3 is 5.97 Å². The van der Waals surface area contributed by atoms with Crippen LogP contribution in [-0.2, 0) is 10.2 Å². The van der Waals surface area contributed by atoms with E-state index >= 15 is 0 Å². The van der Waals surface area contributed by atoms with Crippen molar-refractivity contribution in [2.24, 2.45) is 0 Å². The zero-order valence-electron chi connectivity index (χ0n) is 10.5. The fraction of sp³-hybridized carbons (Fsp3) is 0.462. The van der Waals surface area contributed by atoms with Crippen LogP contribution in [0.1, 0.15) is 25.6 Å². The molecule has 0 aliphatic carbocycles. The molecule has 4 heteroatoms. The molecule has 0 radical (unpaired) electrons. The average molecular weight is 253 g/mol. The molecule has 0 saturated carbocycles. The van der Waals surface area contributed by atoms with Crippen molar-refractivity contribution in [1.29, 1.82) is 0 Å². The van der Waals surface area contributed by atoms with Gasteiger partial charge in [-0.2, -0.15) is 0 Å². The number of hydrogen-bond acceptors (Lipinski definition) is 3. The minimum atomic E-state index is -0.857. The minimum Gasteiger partial charge on any atom is -0.478 e. The van der Waals surface area contributed by atoms with E-state index in [-0.39, 0.29) is 5.41 Å². The van der Waals surface area contributed by atoms with Crippen LogP contribution in [0.3, 0.4) is 0 Å². The normalized spacial score (nSPS) is 12.8. The third-order valence-electron chi connectivity index (χ3n) is 2.65. The van der Waals surface area contributed by atoms with Gasteiger partial charge in [0, 0.05) is 29.0 Å². The van der Waals surface area contributed by atoms with Crippen LogP contribution in [0.2, 0.25) is 0 Å². The minimum absolute atomic E-state index is 0.0825. The van der Waals surface area contributed by atoms with Gasteiger partial charge in [0.25, 0.3) is 0 Å². The zero-order chi connectivity index (χ0) is 12.9. The number of thiophene rings is 1. The Labute approximate surface area is 106 Å². The lowest BCUT2D eigenvalue weighted by Gasteiger charge is -2.23. The second kappa shape index (κ2) is 5.98. The van der Waals surface area contributed by atoms with Crippen LogP contribution in [0.5, 0.6) is 0 Å². The smallest absolute Gasteiger partial charge is 0.330 e. The first kappa shape index (κ1) is 13.9. The lowest BCUT2D eigenvalue weighted by Crippen LogP contribution is -2.32. The molecular weight excluding hydrogens is 234 g/mol. The Kier molecular flexibility index (Phi) is 4.90. The molecule has 0 unspecified atom stereocenters. The molecule has 17 heavy (non-hydrogen) atoms. The highest BCUT2D eigenvalue weighted by atomic mass is 32.1. The average Bonchev–Trinajstić information content (AvgIpc) is 2.77. The predicted molar refractivity (Wildman–Crippen MR) is 71.6 cm³/mol. The molecule has 1 aromatic heterocycles. The van der Waals surface area contributed by atoms with Crippen LogP contribution in [0.25, 0.3) is 0 Å². The molecule has 0 bridgehead atoms. The van der Waals surface area contributed by atoms with Crippen LogP contribution >= 0.6 is 11.3 Å². The Morgan fingerprint density at radius 1 is 1.59 bits per heavy atom. The number of carbonyl (C=O) groups is 1. The zero-order valence-corrected chi connectivity index (χ0v) is 11.3. The third kappa shape index (κ3) is 4.32. The summed E-state index contributed by atoms with van der Waals surface area (Å²) in [5.41, 5.74) is 0.463. The first-order valence-corrected chi connectivity index (χ1v) is 6.46. The molecule has 0 aromatic carbocycles. The van der Waals surface area contributed by atoms with E-state index in [9.17, 15) is 4.79 Å². The van der Waals surface area contributed by atoms with Crippen molar-refractivity contribution in [1.82, 2.24) is 5.32 Å². The van der Waals surface area contributed by atoms with Gasteiger partial charge < -0.3 is 10.4 Å². The van der Waals surface area contributed by atoms with Gasteiger partial charge in [0.2, 0.25) is 0 Å². The Bertz CT molecular complexity index is 394. The summed E-state index contributed by atoms with van der Waals surface area (Å²) in [7, 11) is 0. The molecule has 0 aliphatic heterocycles. The van der Waals surface area contributed by atoms with Gasteiger partial charge in [-0.05, 0) is 18.4 Å². The summed E-state index contributed by atoms with van der Waals surface area (Å²) in [6, 6.07) is 4.18. The van der Waals surface area contributed by atoms with E-state index in [4.69, 9.17) is 5.11 Å². The number of carboxylic acid groups (broad SMARTS) is 1. The molecular formula is C13H19NO2S. The second-order valence-corrected chi connectivity index (χ2v) is 5.63. The van der Waals surface area contributed by atoms with Gasteiger partial charge in [-0.25, -0.2) is 4.79 Å². The molecule has 1 heterocycles. The number of rotatable bonds is 6. The molecule has 0 atom stereocenters. The SMILES string of the molecule is C/C(=C/CNCC(C)(C)c1cccs1)C(=O)O. The van der Waals surface area contributed by atoms with E-state index < -0.39 is 5.97 Å². The van der Waals surface area contributed by atoms with Crippen molar-refractivity contribution >= 4 is 17.3 Å². The molecule has 2 N–H and O–H groups in total. The quantitative estimate of drug-likeness (QED) is 0.605. The number of nitrogens with one attached hydrogen (secondary N) is 1. The summed E-state index contributed by atoms with van der Waals surface area (Å²) < 4.78 is 0. The number of aliphatic carboxylic acids is 1. The van der Waals surface area contributed by atoms with E-state index in [1.807, 2.05) is 0 Å². The molecule has 0 spiro atoms. The van der Waals surface area contributed by atoms with Crippen molar-refractivity contribution in [3.63, 3.8) is 0 Å². The first-order valence-electron chi connectivity index (χ1n) is 5.58. The summed E-state index contributed by atoms with van der Waals surface area (Å²) in [6.07, 6.45) is 1.70. The van der Waals surface area contributed by atoms with Gasteiger partial charge in [-0.1, -0.05) is 26.0 Å². The van der Waals surface area contributed by atoms with E-state index in [1.54, 1.807) is 24.3 Å². The highest BCUT2D eigenvalue weighted by Gasteiger charge is 2.20. The molecule has 0 fully saturated rings. The lowest BCUT2D eigenvalue weighted by molar-refractivity contribution is -0.132. The van der Waals surface area contributed by atoms with E-state index in [1.165, 1.54) is 4.88 Å². The van der Waals surface area contributed by atoms with E-state index in [0.717, 1.165) is 6.54 Å². The van der Waals surface area contributed by atoms with Crippen molar-refractivity contribution in [2.45, 2.75) is 26.2 Å². The second-order valence-electron chi connectivity index (χ2n) is 4.68. The molecule has 1 rings (SSSR count). The number of carboxylic acids is 1. The summed E-state index contributed by atoms with van der Waals surface area (Å²) in [5, 5.41) is 14.0. The summed E-state index contributed by atoms with van der Waals surface area (Å²) >= 11 is 1.75. The maximum absolute atomic E-state index is 10.6. The fourth-order valence-corrected chi connectivity index (χ4v) is 2.30. The molecule has 0 aliphatic rings. The van der Waals surface area contributed by atoms with Gasteiger partial charge in [-0.15, -0.1) is 11.3 Å². The van der Waals surface area contributed by atoms with Gasteiger partial charge in [0.15, 0.2) is 0 Å². The standard InChI is InChI=1S/C13H19NO2S/c1-10(12(15)16)6-7-14-9-13(2,3)11-5-4-8-17-11/h4-6,8,14H,7,9H2,1-3H3,(H,15,16)/b10-6-. The molecule has 0 saturated heterocycles. The Hall–Kier alpha value is -1.13. The highest BCUT2D eigenvalue weighted by molar-refractivity contribution is 7.10. The van der Waals surface area contributed by atoms with Crippen LogP contribution in [0.15, 0.2) is 29.2 Å². The van der Waals surface area contributed by atoms with Crippen LogP contribution in [0, 0.1) is 0 Å². The largest absolute Gasteiger partial charge is 0.478 e. The Morgan fingerprint density at radius 2 is 2.29 bits per heavy atom. The maximum atomic E-state index is 10.6. The molecule has 1 aromatic rings. The topological polar surface area (TPSA) is 49.3 Å². The summed E-state index contributed by atoms with van der Waals surface area (Å²) in [5.74, 6) is -0.857. The van der Waals surface area contributed by atoms with E-state index in [2.05, 4.69) is 36.7 Å². The van der Waals surface area contributed by atoms with Crippen molar-refractivity contribution in [3.8, 4) is 0 Å². The van der Waals surface area contributed by atoms with Gasteiger partial charge in [0.1, 0.15) is 0 Å². The van der Waals surface area contributed by atoms with Gasteiger partial charge in [0.05, 0.1) is 0 Å². The third-order valence-corrected chi connectivity index (χ3v) is 3.88. The van der Waals surface area contributed by atoms with Crippen molar-refractivity contribution in [3.05, 3.63) is 34.0 Å². The van der Waals surface area contributed by atoms with Gasteiger partial charge in [-0.3, -0.25) is 0 Å². The lowest BCUT2D eigenvalue weighted by atomic mass is 9.91. The first-order chi connectivity index (χ1) is 7.93. The Morgan fingerprint density at radius 3 is 2.82 bits per heavy atom. The molecule has 0 amide bonds. The van der Waals surface area contributed by atoms with Crippen LogP contribution in [-0.4, -0.2) is 24.2 Å². The summed E-state index contributed by atoms with van der Waals surface area (Å²) in [6.45, 7) is 7.39. The van der Waals surface area contributed by atoms with Crippen molar-refractivity contribution < 1.29 is 9.90 Å².